The van der Waals surface area contributed by atoms with E-state index in [-0.39, 0.29) is 17.9 Å². The number of hydrogen-bond donors (Lipinski definition) is 1. The minimum absolute atomic E-state index is 0.0319. The fourth-order valence-corrected chi connectivity index (χ4v) is 2.68. The summed E-state index contributed by atoms with van der Waals surface area (Å²) >= 11 is 0. The monoisotopic (exact) mass is 262 g/mol. The lowest BCUT2D eigenvalue weighted by molar-refractivity contribution is 0.178. The van der Waals surface area contributed by atoms with Crippen molar-refractivity contribution in [3.05, 3.63) is 47.3 Å². The number of halogens is 1. The molecule has 0 aromatic heterocycles. The van der Waals surface area contributed by atoms with Crippen LogP contribution in [0.15, 0.2) is 35.9 Å². The fourth-order valence-electron chi connectivity index (χ4n) is 2.68. The van der Waals surface area contributed by atoms with Crippen molar-refractivity contribution < 1.29 is 4.39 Å². The SMILES string of the molecule is CCC(N)C(c1ccccc1F)N1CC=C(C)CC1. The van der Waals surface area contributed by atoms with E-state index in [2.05, 4.69) is 24.8 Å². The molecule has 2 rings (SSSR count). The molecule has 0 aliphatic carbocycles. The van der Waals surface area contributed by atoms with Crippen molar-refractivity contribution in [3.63, 3.8) is 0 Å². The third-order valence-electron chi connectivity index (χ3n) is 3.96. The summed E-state index contributed by atoms with van der Waals surface area (Å²) in [5.41, 5.74) is 8.39. The topological polar surface area (TPSA) is 29.3 Å². The van der Waals surface area contributed by atoms with Gasteiger partial charge in [-0.2, -0.15) is 0 Å². The lowest BCUT2D eigenvalue weighted by atomic mass is 9.94. The Hall–Kier alpha value is -1.19. The molecule has 2 unspecified atom stereocenters. The second kappa shape index (κ2) is 6.31. The van der Waals surface area contributed by atoms with Crippen molar-refractivity contribution >= 4 is 0 Å². The largest absolute Gasteiger partial charge is 0.326 e. The molecule has 1 aromatic rings. The number of hydrogen-bond acceptors (Lipinski definition) is 2. The van der Waals surface area contributed by atoms with Gasteiger partial charge in [0.25, 0.3) is 0 Å². The summed E-state index contributed by atoms with van der Waals surface area (Å²) in [4.78, 5) is 2.29. The van der Waals surface area contributed by atoms with Crippen LogP contribution in [0.4, 0.5) is 4.39 Å². The highest BCUT2D eigenvalue weighted by atomic mass is 19.1. The molecule has 1 aliphatic rings. The highest BCUT2D eigenvalue weighted by Gasteiger charge is 2.28. The molecule has 2 nitrogen and oxygen atoms in total. The van der Waals surface area contributed by atoms with E-state index in [0.717, 1.165) is 31.5 Å². The van der Waals surface area contributed by atoms with Gasteiger partial charge in [-0.1, -0.05) is 36.8 Å². The molecule has 19 heavy (non-hydrogen) atoms. The Morgan fingerprint density at radius 3 is 2.68 bits per heavy atom. The minimum Gasteiger partial charge on any atom is -0.326 e. The molecule has 104 valence electrons. The van der Waals surface area contributed by atoms with Gasteiger partial charge in [-0.15, -0.1) is 0 Å². The van der Waals surface area contributed by atoms with Crippen LogP contribution in [0.25, 0.3) is 0 Å². The molecular formula is C16H23FN2. The van der Waals surface area contributed by atoms with E-state index in [0.29, 0.717) is 0 Å². The maximum atomic E-state index is 14.1. The van der Waals surface area contributed by atoms with Gasteiger partial charge >= 0.3 is 0 Å². The predicted molar refractivity (Wildman–Crippen MR) is 77.4 cm³/mol. The molecule has 0 amide bonds. The summed E-state index contributed by atoms with van der Waals surface area (Å²) in [7, 11) is 0. The highest BCUT2D eigenvalue weighted by molar-refractivity contribution is 5.24. The van der Waals surface area contributed by atoms with E-state index >= 15 is 0 Å². The molecule has 1 heterocycles. The zero-order valence-electron chi connectivity index (χ0n) is 11.8. The second-order valence-corrected chi connectivity index (χ2v) is 5.33. The maximum absolute atomic E-state index is 14.1. The van der Waals surface area contributed by atoms with Crippen LogP contribution < -0.4 is 5.73 Å². The van der Waals surface area contributed by atoms with Gasteiger partial charge in [-0.05, 0) is 25.8 Å². The van der Waals surface area contributed by atoms with Gasteiger partial charge in [-0.25, -0.2) is 4.39 Å². The number of nitrogens with zero attached hydrogens (tertiary/aromatic N) is 1. The zero-order chi connectivity index (χ0) is 13.8. The van der Waals surface area contributed by atoms with Crippen LogP contribution in [0, 0.1) is 5.82 Å². The van der Waals surface area contributed by atoms with Gasteiger partial charge in [-0.3, -0.25) is 4.90 Å². The predicted octanol–water partition coefficient (Wildman–Crippen LogP) is 3.26. The molecule has 3 heteroatoms. The van der Waals surface area contributed by atoms with Gasteiger partial charge in [0.15, 0.2) is 0 Å². The molecule has 2 atom stereocenters. The van der Waals surface area contributed by atoms with Crippen LogP contribution in [-0.4, -0.2) is 24.0 Å². The molecule has 0 bridgehead atoms. The average Bonchev–Trinajstić information content (AvgIpc) is 2.43. The van der Waals surface area contributed by atoms with Gasteiger partial charge in [0.2, 0.25) is 0 Å². The van der Waals surface area contributed by atoms with Gasteiger partial charge in [0.1, 0.15) is 5.82 Å². The van der Waals surface area contributed by atoms with E-state index < -0.39 is 0 Å². The van der Waals surface area contributed by atoms with Crippen molar-refractivity contribution in [2.75, 3.05) is 13.1 Å². The van der Waals surface area contributed by atoms with Crippen LogP contribution in [0.5, 0.6) is 0 Å². The molecular weight excluding hydrogens is 239 g/mol. The molecule has 0 saturated carbocycles. The number of benzene rings is 1. The lowest BCUT2D eigenvalue weighted by Gasteiger charge is -2.37. The molecule has 0 radical (unpaired) electrons. The van der Waals surface area contributed by atoms with Crippen LogP contribution in [0.3, 0.4) is 0 Å². The van der Waals surface area contributed by atoms with Gasteiger partial charge in [0.05, 0.1) is 6.04 Å². The summed E-state index contributed by atoms with van der Waals surface area (Å²) in [6.45, 7) is 6.02. The fraction of sp³-hybridized carbons (Fsp3) is 0.500. The van der Waals surface area contributed by atoms with Crippen molar-refractivity contribution in [1.82, 2.24) is 4.90 Å². The van der Waals surface area contributed by atoms with Gasteiger partial charge in [0, 0.05) is 24.7 Å². The molecule has 0 saturated heterocycles. The first-order valence-electron chi connectivity index (χ1n) is 7.03. The average molecular weight is 262 g/mol. The Morgan fingerprint density at radius 2 is 2.11 bits per heavy atom. The Labute approximate surface area is 115 Å². The van der Waals surface area contributed by atoms with E-state index in [9.17, 15) is 4.39 Å². The summed E-state index contributed by atoms with van der Waals surface area (Å²) < 4.78 is 14.1. The maximum Gasteiger partial charge on any atom is 0.128 e. The molecule has 1 aromatic carbocycles. The van der Waals surface area contributed by atoms with Crippen LogP contribution in [0.2, 0.25) is 0 Å². The first-order valence-corrected chi connectivity index (χ1v) is 7.03. The van der Waals surface area contributed by atoms with Crippen molar-refractivity contribution in [1.29, 1.82) is 0 Å². The second-order valence-electron chi connectivity index (χ2n) is 5.33. The van der Waals surface area contributed by atoms with E-state index in [1.54, 1.807) is 6.07 Å². The quantitative estimate of drug-likeness (QED) is 0.844. The molecule has 0 spiro atoms. The summed E-state index contributed by atoms with van der Waals surface area (Å²) in [5.74, 6) is -0.150. The van der Waals surface area contributed by atoms with Gasteiger partial charge < -0.3 is 5.73 Å². The first-order chi connectivity index (χ1) is 9.13. The Balaban J connectivity index is 2.29. The number of nitrogens with two attached hydrogens (primary N) is 1. The van der Waals surface area contributed by atoms with Crippen LogP contribution >= 0.6 is 0 Å². The molecule has 2 N–H and O–H groups in total. The molecule has 0 fully saturated rings. The Bertz CT molecular complexity index is 456. The first kappa shape index (κ1) is 14.2. The number of rotatable bonds is 4. The van der Waals surface area contributed by atoms with Crippen molar-refractivity contribution in [2.45, 2.75) is 38.8 Å². The Kier molecular flexibility index (Phi) is 4.72. The van der Waals surface area contributed by atoms with E-state index in [1.165, 1.54) is 11.6 Å². The lowest BCUT2D eigenvalue weighted by Crippen LogP contribution is -2.43. The van der Waals surface area contributed by atoms with Crippen LogP contribution in [-0.2, 0) is 0 Å². The van der Waals surface area contributed by atoms with Crippen LogP contribution in [0.1, 0.15) is 38.3 Å². The van der Waals surface area contributed by atoms with E-state index in [1.807, 2.05) is 12.1 Å². The standard InChI is InChI=1S/C16H23FN2/c1-3-15(18)16(13-6-4-5-7-14(13)17)19-10-8-12(2)9-11-19/h4-8,15-16H,3,9-11,18H2,1-2H3. The van der Waals surface area contributed by atoms with Crippen molar-refractivity contribution in [2.24, 2.45) is 5.73 Å². The summed E-state index contributed by atoms with van der Waals surface area (Å²) in [6, 6.07) is 6.93. The Morgan fingerprint density at radius 1 is 1.37 bits per heavy atom. The minimum atomic E-state index is -0.150. The zero-order valence-corrected chi connectivity index (χ0v) is 11.8. The van der Waals surface area contributed by atoms with Crippen molar-refractivity contribution in [3.8, 4) is 0 Å². The third-order valence-corrected chi connectivity index (χ3v) is 3.96. The third kappa shape index (κ3) is 3.23. The smallest absolute Gasteiger partial charge is 0.128 e. The van der Waals surface area contributed by atoms with E-state index in [4.69, 9.17) is 5.73 Å². The summed E-state index contributed by atoms with van der Waals surface area (Å²) in [6.07, 6.45) is 4.11. The molecule has 1 aliphatic heterocycles. The highest BCUT2D eigenvalue weighted by Crippen LogP contribution is 2.29. The normalized spacial score (nSPS) is 19.9. The summed E-state index contributed by atoms with van der Waals surface area (Å²) in [5, 5.41) is 0.